The first-order valence-corrected chi connectivity index (χ1v) is 7.73. The van der Waals surface area contributed by atoms with Crippen molar-refractivity contribution in [2.24, 2.45) is 0 Å². The van der Waals surface area contributed by atoms with Crippen molar-refractivity contribution in [3.05, 3.63) is 35.9 Å². The molecule has 0 fully saturated rings. The highest BCUT2D eigenvalue weighted by atomic mass is 28.4. The summed E-state index contributed by atoms with van der Waals surface area (Å²) >= 11 is 0. The monoisotopic (exact) mass is 270 g/mol. The summed E-state index contributed by atoms with van der Waals surface area (Å²) in [5.74, 6) is 0. The summed E-state index contributed by atoms with van der Waals surface area (Å²) in [5.41, 5.74) is 1.21. The van der Waals surface area contributed by atoms with Crippen LogP contribution < -0.4 is 0 Å². The van der Waals surface area contributed by atoms with Crippen LogP contribution in [0.3, 0.4) is 0 Å². The van der Waals surface area contributed by atoms with Gasteiger partial charge in [-0.3, -0.25) is 0 Å². The van der Waals surface area contributed by atoms with Crippen LogP contribution in [-0.4, -0.2) is 55.8 Å². The van der Waals surface area contributed by atoms with Gasteiger partial charge in [0, 0.05) is 26.9 Å². The van der Waals surface area contributed by atoms with Crippen molar-refractivity contribution in [1.29, 1.82) is 0 Å². The molecule has 1 unspecified atom stereocenters. The van der Waals surface area contributed by atoms with Crippen molar-refractivity contribution in [3.8, 4) is 0 Å². The van der Waals surface area contributed by atoms with E-state index in [0.29, 0.717) is 4.48 Å². The number of quaternary nitrogens is 1. The lowest BCUT2D eigenvalue weighted by Gasteiger charge is -2.41. The van der Waals surface area contributed by atoms with Gasteiger partial charge in [-0.1, -0.05) is 30.3 Å². The van der Waals surface area contributed by atoms with Crippen LogP contribution in [0.2, 0.25) is 0 Å². The number of benzene rings is 1. The smallest absolute Gasteiger partial charge is 0.373 e. The molecule has 0 bridgehead atoms. The fourth-order valence-corrected chi connectivity index (χ4v) is 5.07. The lowest BCUT2D eigenvalue weighted by molar-refractivity contribution is -0.892. The highest BCUT2D eigenvalue weighted by Gasteiger charge is 2.56. The molecule has 1 rings (SSSR count). The van der Waals surface area contributed by atoms with E-state index in [-0.39, 0.29) is 5.67 Å². The van der Waals surface area contributed by atoms with Gasteiger partial charge in [0.15, 0.2) is 5.67 Å². The van der Waals surface area contributed by atoms with E-state index in [2.05, 4.69) is 33.3 Å². The van der Waals surface area contributed by atoms with E-state index >= 15 is 0 Å². The minimum Gasteiger partial charge on any atom is -0.373 e. The molecular formula is C13H24NO3Si+. The van der Waals surface area contributed by atoms with Crippen LogP contribution in [0.25, 0.3) is 0 Å². The first-order valence-electron chi connectivity index (χ1n) is 5.92. The Labute approximate surface area is 111 Å². The van der Waals surface area contributed by atoms with Gasteiger partial charge in [-0.15, -0.1) is 0 Å². The molecule has 0 radical (unpaired) electrons. The van der Waals surface area contributed by atoms with Gasteiger partial charge in [-0.05, 0) is 0 Å². The maximum absolute atomic E-state index is 5.66. The summed E-state index contributed by atoms with van der Waals surface area (Å²) in [7, 11) is 8.59. The number of nitrogens with zero attached hydrogens (tertiary/aromatic N) is 1. The van der Waals surface area contributed by atoms with Gasteiger partial charge in [-0.25, -0.2) is 0 Å². The second-order valence-electron chi connectivity index (χ2n) is 5.15. The second-order valence-corrected chi connectivity index (χ2v) is 8.12. The summed E-state index contributed by atoms with van der Waals surface area (Å²) in [6.45, 7) is 0. The van der Waals surface area contributed by atoms with E-state index in [1.165, 1.54) is 5.56 Å². The van der Waals surface area contributed by atoms with E-state index in [1.807, 2.05) is 18.2 Å². The van der Waals surface area contributed by atoms with Crippen molar-refractivity contribution in [1.82, 2.24) is 0 Å². The first-order chi connectivity index (χ1) is 8.41. The predicted octanol–water partition coefficient (Wildman–Crippen LogP) is 1.85. The van der Waals surface area contributed by atoms with Crippen LogP contribution in [0.4, 0.5) is 0 Å². The van der Waals surface area contributed by atoms with E-state index < -0.39 is 8.80 Å². The van der Waals surface area contributed by atoms with Gasteiger partial charge in [0.2, 0.25) is 0 Å². The van der Waals surface area contributed by atoms with Crippen LogP contribution in [0, 0.1) is 0 Å². The summed E-state index contributed by atoms with van der Waals surface area (Å²) in [6.07, 6.45) is 0. The molecule has 5 heteroatoms. The summed E-state index contributed by atoms with van der Waals surface area (Å²) in [5, 5.41) is 0. The van der Waals surface area contributed by atoms with E-state index in [9.17, 15) is 0 Å². The lowest BCUT2D eigenvalue weighted by atomic mass is 10.2. The molecule has 0 saturated carbocycles. The van der Waals surface area contributed by atoms with Gasteiger partial charge in [0.05, 0.1) is 21.1 Å². The van der Waals surface area contributed by atoms with Crippen molar-refractivity contribution >= 4 is 8.80 Å². The Kier molecular flexibility index (Phi) is 5.07. The third kappa shape index (κ3) is 2.99. The summed E-state index contributed by atoms with van der Waals surface area (Å²) < 4.78 is 17.7. The molecule has 0 aliphatic rings. The van der Waals surface area contributed by atoms with Crippen LogP contribution in [-0.2, 0) is 13.3 Å². The molecule has 0 aliphatic heterocycles. The molecule has 0 amide bonds. The van der Waals surface area contributed by atoms with Crippen molar-refractivity contribution in [2.45, 2.75) is 5.67 Å². The molecule has 1 aromatic rings. The average Bonchev–Trinajstić information content (AvgIpc) is 2.35. The Morgan fingerprint density at radius 2 is 1.33 bits per heavy atom. The normalized spacial score (nSPS) is 14.6. The Balaban J connectivity index is 3.30. The largest absolute Gasteiger partial charge is 0.566 e. The zero-order valence-electron chi connectivity index (χ0n) is 12.1. The first kappa shape index (κ1) is 15.3. The molecular weight excluding hydrogens is 246 g/mol. The average molecular weight is 270 g/mol. The van der Waals surface area contributed by atoms with Gasteiger partial charge < -0.3 is 17.8 Å². The van der Waals surface area contributed by atoms with Crippen LogP contribution in [0.1, 0.15) is 11.2 Å². The number of hydrogen-bond donors (Lipinski definition) is 0. The number of hydrogen-bond acceptors (Lipinski definition) is 3. The van der Waals surface area contributed by atoms with Gasteiger partial charge in [-0.2, -0.15) is 0 Å². The van der Waals surface area contributed by atoms with Crippen LogP contribution in [0.5, 0.6) is 0 Å². The molecule has 0 N–H and O–H groups in total. The minimum atomic E-state index is -2.75. The molecule has 1 aromatic carbocycles. The Hall–Kier alpha value is -0.723. The quantitative estimate of drug-likeness (QED) is 0.583. The molecule has 0 aromatic heterocycles. The Morgan fingerprint density at radius 3 is 1.67 bits per heavy atom. The van der Waals surface area contributed by atoms with Crippen LogP contribution >= 0.6 is 0 Å². The van der Waals surface area contributed by atoms with Crippen molar-refractivity contribution < 1.29 is 17.8 Å². The van der Waals surface area contributed by atoms with Crippen molar-refractivity contribution in [3.63, 3.8) is 0 Å². The number of rotatable bonds is 6. The van der Waals surface area contributed by atoms with E-state index in [4.69, 9.17) is 13.3 Å². The molecule has 4 nitrogen and oxygen atoms in total. The molecule has 0 spiro atoms. The molecule has 0 saturated heterocycles. The highest BCUT2D eigenvalue weighted by molar-refractivity contribution is 6.61. The topological polar surface area (TPSA) is 27.7 Å². The summed E-state index contributed by atoms with van der Waals surface area (Å²) in [6, 6.07) is 10.2. The molecule has 18 heavy (non-hydrogen) atoms. The maximum Gasteiger partial charge on any atom is 0.566 e. The Bertz CT molecular complexity index is 352. The van der Waals surface area contributed by atoms with E-state index in [1.54, 1.807) is 21.3 Å². The van der Waals surface area contributed by atoms with Crippen molar-refractivity contribution in [2.75, 3.05) is 42.5 Å². The molecule has 1 atom stereocenters. The molecule has 102 valence electrons. The standard InChI is InChI=1S/C13H24NO3Si/c1-14(2,3)13(12-10-8-7-9-11-12)18(15-4,16-5)17-6/h7-11,13H,1-6H3/q+1. The third-order valence-corrected chi connectivity index (χ3v) is 6.56. The second kappa shape index (κ2) is 5.95. The van der Waals surface area contributed by atoms with Gasteiger partial charge in [0.1, 0.15) is 0 Å². The zero-order chi connectivity index (χ0) is 13.8. The highest BCUT2D eigenvalue weighted by Crippen LogP contribution is 2.34. The predicted molar refractivity (Wildman–Crippen MR) is 74.0 cm³/mol. The van der Waals surface area contributed by atoms with Gasteiger partial charge >= 0.3 is 8.80 Å². The maximum atomic E-state index is 5.66. The summed E-state index contributed by atoms with van der Waals surface area (Å²) in [4.78, 5) is 0. The molecule has 0 aliphatic carbocycles. The molecule has 0 heterocycles. The SMILES string of the molecule is CO[Si](OC)(OC)C(c1ccccc1)[N+](C)(C)C. The lowest BCUT2D eigenvalue weighted by Crippen LogP contribution is -2.59. The van der Waals surface area contributed by atoms with Gasteiger partial charge in [0.25, 0.3) is 0 Å². The minimum absolute atomic E-state index is 0.0405. The fraction of sp³-hybridized carbons (Fsp3) is 0.538. The zero-order valence-corrected chi connectivity index (χ0v) is 13.1. The Morgan fingerprint density at radius 1 is 0.889 bits per heavy atom. The third-order valence-electron chi connectivity index (χ3n) is 3.08. The van der Waals surface area contributed by atoms with E-state index in [0.717, 1.165) is 0 Å². The van der Waals surface area contributed by atoms with Crippen LogP contribution in [0.15, 0.2) is 30.3 Å². The fourth-order valence-electron chi connectivity index (χ4n) is 2.35.